The predicted molar refractivity (Wildman–Crippen MR) is 102 cm³/mol. The molecule has 4 rings (SSSR count). The van der Waals surface area contributed by atoms with E-state index in [1.807, 2.05) is 30.3 Å². The number of aliphatic carboxylic acids is 2. The van der Waals surface area contributed by atoms with Gasteiger partial charge in [-0.1, -0.05) is 30.3 Å². The minimum absolute atomic E-state index is 0.145. The Bertz CT molecular complexity index is 892. The van der Waals surface area contributed by atoms with Gasteiger partial charge in [-0.25, -0.2) is 14.6 Å². The molecule has 29 heavy (non-hydrogen) atoms. The molecule has 1 aromatic heterocycles. The molecular formula is C20H21N3O6. The van der Waals surface area contributed by atoms with Crippen molar-refractivity contribution in [2.45, 2.75) is 12.5 Å². The van der Waals surface area contributed by atoms with Crippen molar-refractivity contribution >= 4 is 17.8 Å². The van der Waals surface area contributed by atoms with Crippen LogP contribution in [0.5, 0.6) is 0 Å². The summed E-state index contributed by atoms with van der Waals surface area (Å²) in [7, 11) is 0. The number of carboxylic acids is 2. The summed E-state index contributed by atoms with van der Waals surface area (Å²) in [5.41, 5.74) is 0.926. The van der Waals surface area contributed by atoms with Crippen molar-refractivity contribution in [3.8, 4) is 11.3 Å². The summed E-state index contributed by atoms with van der Waals surface area (Å²) < 4.78 is 5.59. The Morgan fingerprint density at radius 2 is 1.79 bits per heavy atom. The van der Waals surface area contributed by atoms with Crippen molar-refractivity contribution in [2.24, 2.45) is 5.92 Å². The lowest BCUT2D eigenvalue weighted by Gasteiger charge is -2.22. The normalized spacial score (nSPS) is 22.1. The molecule has 0 spiro atoms. The number of oxazole rings is 1. The predicted octanol–water partition coefficient (Wildman–Crippen LogP) is 1.49. The molecule has 2 bridgehead atoms. The summed E-state index contributed by atoms with van der Waals surface area (Å²) in [5.74, 6) is -1.38. The molecule has 1 unspecified atom stereocenters. The summed E-state index contributed by atoms with van der Waals surface area (Å²) in [4.78, 5) is 37.8. The van der Waals surface area contributed by atoms with E-state index in [9.17, 15) is 14.4 Å². The van der Waals surface area contributed by atoms with Gasteiger partial charge in [0.05, 0.1) is 6.20 Å². The Morgan fingerprint density at radius 3 is 2.34 bits per heavy atom. The van der Waals surface area contributed by atoms with Gasteiger partial charge >= 0.3 is 17.8 Å². The van der Waals surface area contributed by atoms with E-state index in [0.29, 0.717) is 23.8 Å². The second-order valence-corrected chi connectivity index (χ2v) is 6.79. The first-order valence-electron chi connectivity index (χ1n) is 9.11. The maximum absolute atomic E-state index is 12.2. The van der Waals surface area contributed by atoms with E-state index in [-0.39, 0.29) is 17.8 Å². The van der Waals surface area contributed by atoms with E-state index in [4.69, 9.17) is 14.6 Å². The molecule has 3 heterocycles. The topological polar surface area (TPSA) is 133 Å². The van der Waals surface area contributed by atoms with Crippen LogP contribution in [0.3, 0.4) is 0 Å². The fourth-order valence-corrected chi connectivity index (χ4v) is 3.44. The number of rotatable bonds is 5. The van der Waals surface area contributed by atoms with Crippen molar-refractivity contribution < 1.29 is 29.0 Å². The van der Waals surface area contributed by atoms with Crippen molar-refractivity contribution in [2.75, 3.05) is 19.6 Å². The fraction of sp³-hybridized carbons (Fsp3) is 0.300. The highest BCUT2D eigenvalue weighted by atomic mass is 16.4. The third kappa shape index (κ3) is 5.52. The molecule has 2 aromatic rings. The van der Waals surface area contributed by atoms with Crippen LogP contribution < -0.4 is 5.32 Å². The minimum Gasteiger partial charge on any atom is -0.478 e. The van der Waals surface area contributed by atoms with Gasteiger partial charge in [0.2, 0.25) is 0 Å². The van der Waals surface area contributed by atoms with Crippen molar-refractivity contribution in [3.63, 3.8) is 0 Å². The molecule has 3 N–H and O–H groups in total. The maximum atomic E-state index is 12.2. The smallest absolute Gasteiger partial charge is 0.328 e. The van der Waals surface area contributed by atoms with Crippen LogP contribution >= 0.6 is 0 Å². The van der Waals surface area contributed by atoms with Gasteiger partial charge in [-0.3, -0.25) is 4.79 Å². The summed E-state index contributed by atoms with van der Waals surface area (Å²) in [6.45, 7) is 3.21. The van der Waals surface area contributed by atoms with Crippen LogP contribution in [0.2, 0.25) is 0 Å². The Kier molecular flexibility index (Phi) is 6.40. The molecule has 2 fully saturated rings. The van der Waals surface area contributed by atoms with Gasteiger partial charge in [-0.15, -0.1) is 0 Å². The van der Waals surface area contributed by atoms with Crippen LogP contribution in [0.25, 0.3) is 11.3 Å². The average molecular weight is 399 g/mol. The van der Waals surface area contributed by atoms with E-state index in [1.165, 1.54) is 6.42 Å². The quantitative estimate of drug-likeness (QED) is 0.644. The molecule has 152 valence electrons. The summed E-state index contributed by atoms with van der Waals surface area (Å²) >= 11 is 0. The average Bonchev–Trinajstić information content (AvgIpc) is 3.44. The fourth-order valence-electron chi connectivity index (χ4n) is 3.44. The van der Waals surface area contributed by atoms with E-state index in [1.54, 1.807) is 6.20 Å². The standard InChI is InChI=1S/C16H17N3O2.C4H4O4/c20-15(18-13-10-19-7-6-12(13)9-19)16-17-8-14(21-16)11-4-2-1-3-5-11;5-3(6)1-2-4(7)8/h1-5,8,12-13H,6-7,9-10H2,(H,18,20);1-2H,(H,5,6)(H,7,8)/b;2-1+/t12-,13-;/m0./s1. The first kappa shape index (κ1) is 20.3. The van der Waals surface area contributed by atoms with Gasteiger partial charge in [0.15, 0.2) is 5.76 Å². The zero-order chi connectivity index (χ0) is 20.8. The van der Waals surface area contributed by atoms with Gasteiger partial charge in [0.1, 0.15) is 0 Å². The van der Waals surface area contributed by atoms with E-state index in [2.05, 4.69) is 15.2 Å². The lowest BCUT2D eigenvalue weighted by atomic mass is 10.0. The number of carbonyl (C=O) groups is 3. The summed E-state index contributed by atoms with van der Waals surface area (Å²) in [6, 6.07) is 9.91. The van der Waals surface area contributed by atoms with Crippen molar-refractivity contribution in [1.29, 1.82) is 0 Å². The number of amides is 1. The van der Waals surface area contributed by atoms with Crippen LogP contribution in [-0.4, -0.2) is 63.6 Å². The Labute approximate surface area is 166 Å². The Morgan fingerprint density at radius 1 is 1.10 bits per heavy atom. The van der Waals surface area contributed by atoms with Gasteiger partial charge in [0, 0.05) is 36.8 Å². The van der Waals surface area contributed by atoms with Crippen LogP contribution in [-0.2, 0) is 9.59 Å². The van der Waals surface area contributed by atoms with Gasteiger partial charge in [-0.05, 0) is 18.9 Å². The molecule has 9 heteroatoms. The van der Waals surface area contributed by atoms with Crippen LogP contribution in [0.1, 0.15) is 17.1 Å². The second kappa shape index (κ2) is 9.16. The number of aromatic nitrogens is 1. The molecule has 0 aliphatic carbocycles. The SMILES string of the molecule is O=C(N[C@H]1CN2CC[C@H]1C2)c1ncc(-c2ccccc2)o1.O=C(O)/C=C/C(=O)O. The minimum atomic E-state index is -1.26. The van der Waals surface area contributed by atoms with Crippen LogP contribution in [0.4, 0.5) is 0 Å². The Balaban J connectivity index is 0.000000258. The molecule has 1 aromatic carbocycles. The number of fused-ring (bicyclic) bond motifs is 2. The van der Waals surface area contributed by atoms with E-state index < -0.39 is 11.9 Å². The molecule has 2 aliphatic rings. The zero-order valence-corrected chi connectivity index (χ0v) is 15.5. The highest BCUT2D eigenvalue weighted by molar-refractivity contribution is 5.90. The molecule has 1 amide bonds. The lowest BCUT2D eigenvalue weighted by molar-refractivity contribution is -0.134. The number of carbonyl (C=O) groups excluding carboxylic acids is 1. The molecule has 2 saturated heterocycles. The largest absolute Gasteiger partial charge is 0.478 e. The molecule has 9 nitrogen and oxygen atoms in total. The van der Waals surface area contributed by atoms with Gasteiger partial charge in [0.25, 0.3) is 5.89 Å². The van der Waals surface area contributed by atoms with E-state index >= 15 is 0 Å². The van der Waals surface area contributed by atoms with Gasteiger partial charge in [-0.2, -0.15) is 0 Å². The highest BCUT2D eigenvalue weighted by Gasteiger charge is 2.39. The van der Waals surface area contributed by atoms with Crippen molar-refractivity contribution in [1.82, 2.24) is 15.2 Å². The molecule has 2 aliphatic heterocycles. The monoisotopic (exact) mass is 399 g/mol. The van der Waals surface area contributed by atoms with Crippen LogP contribution in [0.15, 0.2) is 53.1 Å². The second-order valence-electron chi connectivity index (χ2n) is 6.79. The number of piperidine rings is 1. The summed E-state index contributed by atoms with van der Waals surface area (Å²) in [5, 5.41) is 18.7. The zero-order valence-electron chi connectivity index (χ0n) is 15.5. The molecule has 0 radical (unpaired) electrons. The number of nitrogens with zero attached hydrogens (tertiary/aromatic N) is 2. The lowest BCUT2D eigenvalue weighted by Crippen LogP contribution is -2.43. The van der Waals surface area contributed by atoms with Crippen molar-refractivity contribution in [3.05, 3.63) is 54.6 Å². The third-order valence-corrected chi connectivity index (χ3v) is 4.78. The number of nitrogens with one attached hydrogen (secondary N) is 1. The van der Waals surface area contributed by atoms with Crippen LogP contribution in [0, 0.1) is 5.92 Å². The number of carboxylic acid groups (broad SMARTS) is 2. The third-order valence-electron chi connectivity index (χ3n) is 4.78. The summed E-state index contributed by atoms with van der Waals surface area (Å²) in [6.07, 6.45) is 3.89. The van der Waals surface area contributed by atoms with E-state index in [0.717, 1.165) is 25.2 Å². The van der Waals surface area contributed by atoms with Gasteiger partial charge < -0.3 is 24.8 Å². The number of hydrogen-bond donors (Lipinski definition) is 3. The molecule has 3 atom stereocenters. The number of hydrogen-bond acceptors (Lipinski definition) is 6. The first-order chi connectivity index (χ1) is 13.9. The Hall–Kier alpha value is -3.46. The highest BCUT2D eigenvalue weighted by Crippen LogP contribution is 2.28. The maximum Gasteiger partial charge on any atom is 0.328 e. The number of benzene rings is 1. The molecule has 0 saturated carbocycles. The first-order valence-corrected chi connectivity index (χ1v) is 9.11. The molecular weight excluding hydrogens is 378 g/mol.